The normalized spacial score (nSPS) is 15.1. The zero-order valence-electron chi connectivity index (χ0n) is 13.4. The van der Waals surface area contributed by atoms with Gasteiger partial charge in [0.2, 0.25) is 0 Å². The van der Waals surface area contributed by atoms with E-state index in [4.69, 9.17) is 9.72 Å². The first-order valence-electron chi connectivity index (χ1n) is 7.96. The summed E-state index contributed by atoms with van der Waals surface area (Å²) < 4.78 is 8.76. The molecule has 1 aliphatic rings. The van der Waals surface area contributed by atoms with Crippen LogP contribution in [0.4, 0.5) is 5.13 Å². The van der Waals surface area contributed by atoms with Gasteiger partial charge in [-0.05, 0) is 18.2 Å². The van der Waals surface area contributed by atoms with Crippen LogP contribution in [0, 0.1) is 5.92 Å². The second-order valence-electron chi connectivity index (χ2n) is 5.95. The van der Waals surface area contributed by atoms with Crippen LogP contribution >= 0.6 is 11.3 Å². The van der Waals surface area contributed by atoms with Crippen LogP contribution in [0.2, 0.25) is 0 Å². The summed E-state index contributed by atoms with van der Waals surface area (Å²) in [5.41, 5.74) is 1.05. The van der Waals surface area contributed by atoms with E-state index in [9.17, 15) is 0 Å². The zero-order chi connectivity index (χ0) is 15.8. The van der Waals surface area contributed by atoms with Crippen LogP contribution in [0.25, 0.3) is 10.2 Å². The van der Waals surface area contributed by atoms with Gasteiger partial charge in [0, 0.05) is 44.4 Å². The van der Waals surface area contributed by atoms with Crippen molar-refractivity contribution < 1.29 is 4.74 Å². The maximum Gasteiger partial charge on any atom is 0.186 e. The molecule has 23 heavy (non-hydrogen) atoms. The Morgan fingerprint density at radius 3 is 3.00 bits per heavy atom. The van der Waals surface area contributed by atoms with E-state index in [1.165, 1.54) is 10.5 Å². The molecule has 5 nitrogen and oxygen atoms in total. The number of fused-ring (bicyclic) bond motifs is 1. The van der Waals surface area contributed by atoms with Gasteiger partial charge in [-0.15, -0.1) is 0 Å². The Kier molecular flexibility index (Phi) is 3.69. The molecule has 120 valence electrons. The van der Waals surface area contributed by atoms with Gasteiger partial charge in [0.15, 0.2) is 5.13 Å². The fraction of sp³-hybridized carbons (Fsp3) is 0.412. The van der Waals surface area contributed by atoms with Crippen LogP contribution in [-0.2, 0) is 13.0 Å². The molecular formula is C17H20N4OS. The molecule has 0 unspecified atom stereocenters. The number of hydrogen-bond donors (Lipinski definition) is 0. The molecule has 0 N–H and O–H groups in total. The van der Waals surface area contributed by atoms with Crippen LogP contribution in [-0.4, -0.2) is 34.7 Å². The third-order valence-corrected chi connectivity index (χ3v) is 5.46. The Labute approximate surface area is 139 Å². The molecule has 1 saturated heterocycles. The summed E-state index contributed by atoms with van der Waals surface area (Å²) in [6.45, 7) is 5.34. The van der Waals surface area contributed by atoms with Crippen molar-refractivity contribution in [1.29, 1.82) is 0 Å². The zero-order valence-corrected chi connectivity index (χ0v) is 14.2. The average Bonchev–Trinajstić information content (AvgIpc) is 3.15. The van der Waals surface area contributed by atoms with E-state index in [1.807, 2.05) is 18.3 Å². The first kappa shape index (κ1) is 14.5. The predicted molar refractivity (Wildman–Crippen MR) is 93.5 cm³/mol. The summed E-state index contributed by atoms with van der Waals surface area (Å²) >= 11 is 1.74. The molecule has 0 atom stereocenters. The van der Waals surface area contributed by atoms with Crippen LogP contribution < -0.4 is 9.64 Å². The number of anilines is 1. The number of benzene rings is 1. The molecule has 0 radical (unpaired) electrons. The first-order chi connectivity index (χ1) is 11.3. The molecule has 2 aromatic heterocycles. The van der Waals surface area contributed by atoms with E-state index in [0.717, 1.165) is 42.5 Å². The van der Waals surface area contributed by atoms with Crippen molar-refractivity contribution in [3.05, 3.63) is 36.4 Å². The topological polar surface area (TPSA) is 43.2 Å². The second-order valence-corrected chi connectivity index (χ2v) is 6.96. The monoisotopic (exact) mass is 328 g/mol. The van der Waals surface area contributed by atoms with Gasteiger partial charge in [-0.25, -0.2) is 9.97 Å². The number of aryl methyl sites for hydroxylation is 1. The fourth-order valence-corrected chi connectivity index (χ4v) is 4.11. The first-order valence-corrected chi connectivity index (χ1v) is 8.78. The SMILES string of the molecule is CCc1nccn1CC1CN(c2nc3ccc(OC)cc3s2)C1. The van der Waals surface area contributed by atoms with E-state index in [0.29, 0.717) is 5.92 Å². The average molecular weight is 328 g/mol. The molecule has 1 fully saturated rings. The predicted octanol–water partition coefficient (Wildman–Crippen LogP) is 3.20. The maximum atomic E-state index is 5.29. The van der Waals surface area contributed by atoms with Gasteiger partial charge >= 0.3 is 0 Å². The lowest BCUT2D eigenvalue weighted by molar-refractivity contribution is 0.353. The quantitative estimate of drug-likeness (QED) is 0.721. The highest BCUT2D eigenvalue weighted by Crippen LogP contribution is 2.34. The Bertz CT molecular complexity index is 819. The molecule has 0 amide bonds. The third-order valence-electron chi connectivity index (χ3n) is 4.38. The Morgan fingerprint density at radius 2 is 2.22 bits per heavy atom. The largest absolute Gasteiger partial charge is 0.497 e. The Morgan fingerprint density at radius 1 is 1.35 bits per heavy atom. The summed E-state index contributed by atoms with van der Waals surface area (Å²) in [6, 6.07) is 6.06. The number of imidazole rings is 1. The Balaban J connectivity index is 1.43. The molecule has 3 heterocycles. The molecule has 1 aromatic carbocycles. The van der Waals surface area contributed by atoms with E-state index in [2.05, 4.69) is 33.6 Å². The van der Waals surface area contributed by atoms with Crippen LogP contribution in [0.5, 0.6) is 5.75 Å². The number of thiazole rings is 1. The summed E-state index contributed by atoms with van der Waals surface area (Å²) in [5, 5.41) is 1.12. The summed E-state index contributed by atoms with van der Waals surface area (Å²) in [4.78, 5) is 11.5. The minimum atomic E-state index is 0.677. The molecule has 4 rings (SSSR count). The molecule has 3 aromatic rings. The highest BCUT2D eigenvalue weighted by atomic mass is 32.1. The second kappa shape index (κ2) is 5.85. The van der Waals surface area contributed by atoms with Gasteiger partial charge in [0.05, 0.1) is 17.3 Å². The van der Waals surface area contributed by atoms with E-state index < -0.39 is 0 Å². The molecule has 6 heteroatoms. The molecule has 0 aliphatic carbocycles. The summed E-state index contributed by atoms with van der Waals surface area (Å²) in [5.74, 6) is 2.74. The van der Waals surface area contributed by atoms with Crippen LogP contribution in [0.15, 0.2) is 30.6 Å². The van der Waals surface area contributed by atoms with Crippen molar-refractivity contribution >= 4 is 26.7 Å². The van der Waals surface area contributed by atoms with Crippen molar-refractivity contribution in [1.82, 2.24) is 14.5 Å². The van der Waals surface area contributed by atoms with Gasteiger partial charge in [-0.3, -0.25) is 0 Å². The van der Waals surface area contributed by atoms with Gasteiger partial charge in [-0.1, -0.05) is 18.3 Å². The van der Waals surface area contributed by atoms with Gasteiger partial charge in [-0.2, -0.15) is 0 Å². The smallest absolute Gasteiger partial charge is 0.186 e. The number of ether oxygens (including phenoxy) is 1. The van der Waals surface area contributed by atoms with Crippen molar-refractivity contribution in [2.45, 2.75) is 19.9 Å². The number of hydrogen-bond acceptors (Lipinski definition) is 5. The van der Waals surface area contributed by atoms with Gasteiger partial charge < -0.3 is 14.2 Å². The molecule has 1 aliphatic heterocycles. The third kappa shape index (κ3) is 2.67. The Hall–Kier alpha value is -2.08. The number of rotatable bonds is 5. The number of aromatic nitrogens is 3. The summed E-state index contributed by atoms with van der Waals surface area (Å²) in [7, 11) is 1.70. The van der Waals surface area contributed by atoms with Crippen molar-refractivity contribution in [3.8, 4) is 5.75 Å². The minimum Gasteiger partial charge on any atom is -0.497 e. The number of nitrogens with zero attached hydrogens (tertiary/aromatic N) is 4. The highest BCUT2D eigenvalue weighted by Gasteiger charge is 2.29. The maximum absolute atomic E-state index is 5.29. The van der Waals surface area contributed by atoms with Crippen molar-refractivity contribution in [3.63, 3.8) is 0 Å². The van der Waals surface area contributed by atoms with Crippen molar-refractivity contribution in [2.75, 3.05) is 25.1 Å². The highest BCUT2D eigenvalue weighted by molar-refractivity contribution is 7.22. The molecule has 0 bridgehead atoms. The van der Waals surface area contributed by atoms with Crippen LogP contribution in [0.1, 0.15) is 12.7 Å². The lowest BCUT2D eigenvalue weighted by Gasteiger charge is -2.39. The van der Waals surface area contributed by atoms with Gasteiger partial charge in [0.25, 0.3) is 0 Å². The van der Waals surface area contributed by atoms with E-state index >= 15 is 0 Å². The fourth-order valence-electron chi connectivity index (χ4n) is 3.10. The lowest BCUT2D eigenvalue weighted by atomic mass is 10.0. The standard InChI is InChI=1S/C17H20N4OS/c1-3-16-18-6-7-20(16)9-12-10-21(11-12)17-19-14-5-4-13(22-2)8-15(14)23-17/h4-8,12H,3,9-11H2,1-2H3. The lowest BCUT2D eigenvalue weighted by Crippen LogP contribution is -2.48. The molecular weight excluding hydrogens is 308 g/mol. The molecule has 0 spiro atoms. The minimum absolute atomic E-state index is 0.677. The van der Waals surface area contributed by atoms with E-state index in [-0.39, 0.29) is 0 Å². The van der Waals surface area contributed by atoms with Crippen molar-refractivity contribution in [2.24, 2.45) is 5.92 Å². The van der Waals surface area contributed by atoms with E-state index in [1.54, 1.807) is 18.4 Å². The van der Waals surface area contributed by atoms with Gasteiger partial charge in [0.1, 0.15) is 11.6 Å². The summed E-state index contributed by atoms with van der Waals surface area (Å²) in [6.07, 6.45) is 4.98. The van der Waals surface area contributed by atoms with Crippen LogP contribution in [0.3, 0.4) is 0 Å². The molecule has 0 saturated carbocycles. The number of methoxy groups -OCH3 is 1.